The summed E-state index contributed by atoms with van der Waals surface area (Å²) in [4.78, 5) is 44.1. The van der Waals surface area contributed by atoms with Crippen LogP contribution in [-0.2, 0) is 15.4 Å². The topological polar surface area (TPSA) is 101 Å². The van der Waals surface area contributed by atoms with Crippen LogP contribution in [-0.4, -0.2) is 43.0 Å². The molecule has 0 aliphatic rings. The van der Waals surface area contributed by atoms with Crippen LogP contribution in [0.3, 0.4) is 0 Å². The molecule has 0 saturated heterocycles. The Bertz CT molecular complexity index is 1280. The van der Waals surface area contributed by atoms with Gasteiger partial charge in [-0.3, -0.25) is 14.4 Å². The smallest absolute Gasteiger partial charge is 0.325 e. The monoisotopic (exact) mass is 588 g/mol. The molecule has 0 unspecified atom stereocenters. The number of amides is 2. The van der Waals surface area contributed by atoms with Crippen LogP contribution in [0.4, 0.5) is 16.5 Å². The van der Waals surface area contributed by atoms with Crippen LogP contribution in [0.5, 0.6) is 0 Å². The molecule has 2 N–H and O–H groups in total. The van der Waals surface area contributed by atoms with Gasteiger partial charge in [0.05, 0.1) is 32.8 Å². The lowest BCUT2D eigenvalue weighted by Gasteiger charge is -2.21. The highest BCUT2D eigenvalue weighted by atomic mass is 35.5. The van der Waals surface area contributed by atoms with Crippen LogP contribution in [0.25, 0.3) is 0 Å². The van der Waals surface area contributed by atoms with Crippen molar-refractivity contribution in [3.8, 4) is 0 Å². The number of anilines is 3. The number of halogens is 4. The molecule has 2 heterocycles. The summed E-state index contributed by atoms with van der Waals surface area (Å²) in [5.41, 5.74) is 0.936. The van der Waals surface area contributed by atoms with E-state index in [-0.39, 0.29) is 41.0 Å². The van der Waals surface area contributed by atoms with Crippen molar-refractivity contribution in [1.82, 2.24) is 4.98 Å². The molecule has 8 nitrogen and oxygen atoms in total. The Kier molecular flexibility index (Phi) is 9.81. The van der Waals surface area contributed by atoms with Crippen LogP contribution in [0.1, 0.15) is 33.2 Å². The lowest BCUT2D eigenvalue weighted by molar-refractivity contribution is -0.141. The molecule has 3 aromatic rings. The standard InChI is InChI=1S/C23H20Cl4N4O4S/c1-3-35-18(32)10-31(2)14-6-15(21(33)29-17-5-4-13(25)9-28-17)19(16(26)7-14)22(34)30-23-20(27)12(8-24)11-36-23/h4-7,9,11H,3,8,10H2,1-2H3,(H,30,34)(H,28,29,33). The highest BCUT2D eigenvalue weighted by Gasteiger charge is 2.25. The van der Waals surface area contributed by atoms with Crippen molar-refractivity contribution in [3.63, 3.8) is 0 Å². The minimum absolute atomic E-state index is 0.0137. The quantitative estimate of drug-likeness (QED) is 0.223. The molecule has 0 fully saturated rings. The average Bonchev–Trinajstić information content (AvgIpc) is 3.18. The van der Waals surface area contributed by atoms with Crippen LogP contribution >= 0.6 is 57.7 Å². The number of hydrogen-bond donors (Lipinski definition) is 2. The normalized spacial score (nSPS) is 10.6. The van der Waals surface area contributed by atoms with E-state index in [1.54, 1.807) is 30.3 Å². The van der Waals surface area contributed by atoms with E-state index in [1.165, 1.54) is 35.7 Å². The van der Waals surface area contributed by atoms with Gasteiger partial charge in [0, 0.05) is 24.8 Å². The maximum atomic E-state index is 13.3. The number of nitrogens with zero attached hydrogens (tertiary/aromatic N) is 2. The fourth-order valence-corrected chi connectivity index (χ4v) is 5.06. The first kappa shape index (κ1) is 28.0. The molecule has 0 bridgehead atoms. The van der Waals surface area contributed by atoms with E-state index >= 15 is 0 Å². The second-order valence-corrected chi connectivity index (χ2v) is 9.69. The van der Waals surface area contributed by atoms with E-state index < -0.39 is 17.8 Å². The number of alkyl halides is 1. The van der Waals surface area contributed by atoms with Gasteiger partial charge in [-0.1, -0.05) is 34.8 Å². The highest BCUT2D eigenvalue weighted by molar-refractivity contribution is 7.15. The van der Waals surface area contributed by atoms with Crippen LogP contribution in [0.2, 0.25) is 15.1 Å². The molecule has 0 atom stereocenters. The Labute approximate surface area is 231 Å². The number of benzene rings is 1. The van der Waals surface area contributed by atoms with Crippen LogP contribution in [0.15, 0.2) is 35.8 Å². The number of thiophene rings is 1. The number of hydrogen-bond acceptors (Lipinski definition) is 7. The van der Waals surface area contributed by atoms with E-state index in [4.69, 9.17) is 51.1 Å². The summed E-state index contributed by atoms with van der Waals surface area (Å²) in [5.74, 6) is -1.38. The van der Waals surface area contributed by atoms with Crippen molar-refractivity contribution < 1.29 is 19.1 Å². The zero-order valence-corrected chi connectivity index (χ0v) is 22.9. The van der Waals surface area contributed by atoms with Crippen LogP contribution in [0, 0.1) is 0 Å². The van der Waals surface area contributed by atoms with Crippen molar-refractivity contribution in [2.75, 3.05) is 35.7 Å². The summed E-state index contributed by atoms with van der Waals surface area (Å²) in [5, 5.41) is 8.09. The Morgan fingerprint density at radius 2 is 1.86 bits per heavy atom. The minimum Gasteiger partial charge on any atom is -0.465 e. The summed E-state index contributed by atoms with van der Waals surface area (Å²) < 4.78 is 4.98. The third-order valence-corrected chi connectivity index (χ3v) is 7.10. The number of aromatic nitrogens is 1. The second-order valence-electron chi connectivity index (χ2n) is 7.32. The zero-order chi connectivity index (χ0) is 26.4. The zero-order valence-electron chi connectivity index (χ0n) is 19.0. The van der Waals surface area contributed by atoms with E-state index in [1.807, 2.05) is 0 Å². The molecule has 2 amide bonds. The maximum absolute atomic E-state index is 13.3. The van der Waals surface area contributed by atoms with E-state index in [0.717, 1.165) is 0 Å². The van der Waals surface area contributed by atoms with Gasteiger partial charge in [-0.25, -0.2) is 4.98 Å². The lowest BCUT2D eigenvalue weighted by Crippen LogP contribution is -2.28. The average molecular weight is 590 g/mol. The molecule has 0 aliphatic heterocycles. The molecule has 36 heavy (non-hydrogen) atoms. The Balaban J connectivity index is 2.00. The molecule has 0 saturated carbocycles. The number of pyridine rings is 1. The van der Waals surface area contributed by atoms with Gasteiger partial charge >= 0.3 is 5.97 Å². The third kappa shape index (κ3) is 6.80. The summed E-state index contributed by atoms with van der Waals surface area (Å²) in [6.45, 7) is 1.83. The summed E-state index contributed by atoms with van der Waals surface area (Å²) in [7, 11) is 1.63. The van der Waals surface area contributed by atoms with Gasteiger partial charge in [0.1, 0.15) is 17.4 Å². The number of carbonyl (C=O) groups is 3. The molecule has 2 aromatic heterocycles. The largest absolute Gasteiger partial charge is 0.465 e. The first-order chi connectivity index (χ1) is 17.1. The Morgan fingerprint density at radius 3 is 2.47 bits per heavy atom. The molecule has 3 rings (SSSR count). The first-order valence-corrected chi connectivity index (χ1v) is 13.0. The van der Waals surface area contributed by atoms with Gasteiger partial charge in [-0.05, 0) is 42.1 Å². The number of carbonyl (C=O) groups excluding carboxylic acids is 3. The van der Waals surface area contributed by atoms with Gasteiger partial charge in [0.2, 0.25) is 0 Å². The van der Waals surface area contributed by atoms with Gasteiger partial charge in [0.15, 0.2) is 0 Å². The second kappa shape index (κ2) is 12.6. The minimum atomic E-state index is -0.654. The van der Waals surface area contributed by atoms with E-state index in [2.05, 4.69) is 15.6 Å². The molecule has 0 radical (unpaired) electrons. The number of likely N-dealkylation sites (N-methyl/N-ethyl adjacent to an activating group) is 1. The van der Waals surface area contributed by atoms with Gasteiger partial charge in [-0.15, -0.1) is 22.9 Å². The van der Waals surface area contributed by atoms with E-state index in [9.17, 15) is 14.4 Å². The SMILES string of the molecule is CCOC(=O)CN(C)c1cc(Cl)c(C(=O)Nc2scc(CCl)c2Cl)c(C(=O)Nc2ccc(Cl)cn2)c1. The van der Waals surface area contributed by atoms with Gasteiger partial charge in [0.25, 0.3) is 11.8 Å². The molecule has 1 aromatic carbocycles. The van der Waals surface area contributed by atoms with Crippen molar-refractivity contribution in [2.24, 2.45) is 0 Å². The predicted molar refractivity (Wildman–Crippen MR) is 145 cm³/mol. The first-order valence-electron chi connectivity index (χ1n) is 10.4. The Morgan fingerprint density at radius 1 is 1.11 bits per heavy atom. The molecule has 190 valence electrons. The number of ether oxygens (including phenoxy) is 1. The molecular formula is C23H20Cl4N4O4S. The van der Waals surface area contributed by atoms with Crippen LogP contribution < -0.4 is 15.5 Å². The van der Waals surface area contributed by atoms with Gasteiger partial charge < -0.3 is 20.3 Å². The number of esters is 1. The van der Waals surface area contributed by atoms with Crippen molar-refractivity contribution in [2.45, 2.75) is 12.8 Å². The van der Waals surface area contributed by atoms with Gasteiger partial charge in [-0.2, -0.15) is 0 Å². The Hall–Kier alpha value is -2.56. The molecule has 0 aliphatic carbocycles. The summed E-state index contributed by atoms with van der Waals surface area (Å²) >= 11 is 25.7. The number of rotatable bonds is 9. The fourth-order valence-electron chi connectivity index (χ4n) is 3.07. The number of nitrogens with one attached hydrogen (secondary N) is 2. The maximum Gasteiger partial charge on any atom is 0.325 e. The van der Waals surface area contributed by atoms with Crippen molar-refractivity contribution >= 4 is 92.0 Å². The summed E-state index contributed by atoms with van der Waals surface area (Å²) in [6, 6.07) is 6.00. The lowest BCUT2D eigenvalue weighted by atomic mass is 10.0. The van der Waals surface area contributed by atoms with E-state index in [0.29, 0.717) is 26.3 Å². The molecular weight excluding hydrogens is 570 g/mol. The predicted octanol–water partition coefficient (Wildman–Crippen LogP) is 6.35. The summed E-state index contributed by atoms with van der Waals surface area (Å²) in [6.07, 6.45) is 1.37. The highest BCUT2D eigenvalue weighted by Crippen LogP contribution is 2.35. The molecule has 13 heteroatoms. The fraction of sp³-hybridized carbons (Fsp3) is 0.217. The van der Waals surface area contributed by atoms with Crippen molar-refractivity contribution in [1.29, 1.82) is 0 Å². The molecule has 0 spiro atoms. The van der Waals surface area contributed by atoms with Crippen molar-refractivity contribution in [3.05, 3.63) is 67.6 Å². The third-order valence-electron chi connectivity index (χ3n) is 4.80.